The molecule has 1 aromatic rings. The van der Waals surface area contributed by atoms with Crippen molar-refractivity contribution < 1.29 is 9.53 Å². The number of ether oxygens (including phenoxy) is 1. The highest BCUT2D eigenvalue weighted by molar-refractivity contribution is 6.00. The van der Waals surface area contributed by atoms with E-state index in [2.05, 4.69) is 0 Å². The second-order valence-electron chi connectivity index (χ2n) is 4.10. The van der Waals surface area contributed by atoms with Gasteiger partial charge in [-0.05, 0) is 25.1 Å². The lowest BCUT2D eigenvalue weighted by molar-refractivity contribution is -0.113. The first-order chi connectivity index (χ1) is 7.59. The molecule has 0 bridgehead atoms. The number of anilines is 1. The van der Waals surface area contributed by atoms with Gasteiger partial charge in [0.15, 0.2) is 5.78 Å². The van der Waals surface area contributed by atoms with Gasteiger partial charge in [0.05, 0.1) is 0 Å². The summed E-state index contributed by atoms with van der Waals surface area (Å²) in [6.45, 7) is 1.94. The van der Waals surface area contributed by atoms with Gasteiger partial charge < -0.3 is 9.64 Å². The Morgan fingerprint density at radius 3 is 2.75 bits per heavy atom. The second kappa shape index (κ2) is 4.00. The van der Waals surface area contributed by atoms with E-state index in [1.165, 1.54) is 0 Å². The predicted molar refractivity (Wildman–Crippen MR) is 64.9 cm³/mol. The first-order valence-electron chi connectivity index (χ1n) is 5.24. The van der Waals surface area contributed by atoms with E-state index in [0.29, 0.717) is 6.61 Å². The lowest BCUT2D eigenvalue weighted by Crippen LogP contribution is -2.16. The molecule has 0 saturated heterocycles. The van der Waals surface area contributed by atoms with Gasteiger partial charge in [-0.3, -0.25) is 4.79 Å². The van der Waals surface area contributed by atoms with E-state index < -0.39 is 0 Å². The fourth-order valence-corrected chi connectivity index (χ4v) is 1.77. The molecule has 16 heavy (non-hydrogen) atoms. The quantitative estimate of drug-likeness (QED) is 0.760. The van der Waals surface area contributed by atoms with Crippen LogP contribution < -0.4 is 9.64 Å². The summed E-state index contributed by atoms with van der Waals surface area (Å²) in [5, 5.41) is 0. The molecule has 0 unspecified atom stereocenters. The SMILES string of the molecule is CC(=O)C1=Cc2c(cccc2N(C)C)OC1. The van der Waals surface area contributed by atoms with E-state index in [9.17, 15) is 4.79 Å². The first-order valence-corrected chi connectivity index (χ1v) is 5.24. The normalized spacial score (nSPS) is 13.6. The molecule has 0 aromatic heterocycles. The van der Waals surface area contributed by atoms with Crippen LogP contribution in [0, 0.1) is 0 Å². The maximum absolute atomic E-state index is 11.3. The molecule has 0 spiro atoms. The van der Waals surface area contributed by atoms with Crippen molar-refractivity contribution in [2.24, 2.45) is 0 Å². The monoisotopic (exact) mass is 217 g/mol. The fraction of sp³-hybridized carbons (Fsp3) is 0.308. The van der Waals surface area contributed by atoms with Gasteiger partial charge in [-0.1, -0.05) is 6.07 Å². The molecule has 3 heteroatoms. The van der Waals surface area contributed by atoms with Crippen molar-refractivity contribution in [2.75, 3.05) is 25.6 Å². The third-order valence-electron chi connectivity index (χ3n) is 2.68. The Morgan fingerprint density at radius 2 is 2.12 bits per heavy atom. The van der Waals surface area contributed by atoms with E-state index in [0.717, 1.165) is 22.6 Å². The molecule has 1 heterocycles. The number of nitrogens with zero attached hydrogens (tertiary/aromatic N) is 1. The number of hydrogen-bond donors (Lipinski definition) is 0. The number of carbonyl (C=O) groups is 1. The summed E-state index contributed by atoms with van der Waals surface area (Å²) in [7, 11) is 3.96. The zero-order valence-corrected chi connectivity index (χ0v) is 9.78. The van der Waals surface area contributed by atoms with Crippen LogP contribution in [0.5, 0.6) is 5.75 Å². The van der Waals surface area contributed by atoms with Crippen LogP contribution in [0.2, 0.25) is 0 Å². The Kier molecular flexibility index (Phi) is 2.69. The van der Waals surface area contributed by atoms with Crippen LogP contribution in [0.15, 0.2) is 23.8 Å². The van der Waals surface area contributed by atoms with Crippen LogP contribution in [0.1, 0.15) is 12.5 Å². The Balaban J connectivity index is 2.54. The average Bonchev–Trinajstić information content (AvgIpc) is 2.27. The fourth-order valence-electron chi connectivity index (χ4n) is 1.77. The number of carbonyl (C=O) groups excluding carboxylic acids is 1. The third-order valence-corrected chi connectivity index (χ3v) is 2.68. The van der Waals surface area contributed by atoms with Crippen LogP contribution in [-0.2, 0) is 4.79 Å². The standard InChI is InChI=1S/C13H15NO2/c1-9(15)10-7-11-12(14(2)3)5-4-6-13(11)16-8-10/h4-7H,8H2,1-3H3. The van der Waals surface area contributed by atoms with Gasteiger partial charge in [0.1, 0.15) is 12.4 Å². The smallest absolute Gasteiger partial charge is 0.159 e. The van der Waals surface area contributed by atoms with E-state index in [1.807, 2.05) is 43.3 Å². The molecule has 0 aliphatic carbocycles. The number of Topliss-reactive ketones (excluding diaryl/α,β-unsaturated/α-hetero) is 1. The van der Waals surface area contributed by atoms with E-state index in [-0.39, 0.29) is 5.78 Å². The number of ketones is 1. The molecular weight excluding hydrogens is 202 g/mol. The minimum absolute atomic E-state index is 0.0687. The van der Waals surface area contributed by atoms with Crippen LogP contribution in [0.25, 0.3) is 6.08 Å². The summed E-state index contributed by atoms with van der Waals surface area (Å²) >= 11 is 0. The van der Waals surface area contributed by atoms with E-state index in [4.69, 9.17) is 4.74 Å². The number of hydrogen-bond acceptors (Lipinski definition) is 3. The zero-order chi connectivity index (χ0) is 11.7. The average molecular weight is 217 g/mol. The van der Waals surface area contributed by atoms with E-state index >= 15 is 0 Å². The van der Waals surface area contributed by atoms with Gasteiger partial charge in [0, 0.05) is 30.9 Å². The molecular formula is C13H15NO2. The number of rotatable bonds is 2. The Hall–Kier alpha value is -1.77. The molecule has 0 radical (unpaired) electrons. The predicted octanol–water partition coefficient (Wildman–Crippen LogP) is 2.12. The van der Waals surface area contributed by atoms with Crippen molar-refractivity contribution in [3.63, 3.8) is 0 Å². The summed E-state index contributed by atoms with van der Waals surface area (Å²) in [5.41, 5.74) is 2.78. The minimum Gasteiger partial charge on any atom is -0.488 e. The highest BCUT2D eigenvalue weighted by atomic mass is 16.5. The van der Waals surface area contributed by atoms with Gasteiger partial charge in [0.25, 0.3) is 0 Å². The summed E-state index contributed by atoms with van der Waals surface area (Å²) < 4.78 is 5.57. The highest BCUT2D eigenvalue weighted by Crippen LogP contribution is 2.33. The maximum atomic E-state index is 11.3. The Labute approximate surface area is 95.3 Å². The molecule has 1 aliphatic heterocycles. The van der Waals surface area contributed by atoms with Crippen molar-refractivity contribution in [2.45, 2.75) is 6.92 Å². The van der Waals surface area contributed by atoms with Crippen LogP contribution >= 0.6 is 0 Å². The molecule has 1 aromatic carbocycles. The second-order valence-corrected chi connectivity index (χ2v) is 4.10. The molecule has 84 valence electrons. The molecule has 2 rings (SSSR count). The van der Waals surface area contributed by atoms with Gasteiger partial charge in [-0.25, -0.2) is 0 Å². The van der Waals surface area contributed by atoms with Crippen molar-refractivity contribution >= 4 is 17.5 Å². The summed E-state index contributed by atoms with van der Waals surface area (Å²) in [6.07, 6.45) is 1.93. The maximum Gasteiger partial charge on any atom is 0.159 e. The molecule has 0 fully saturated rings. The lowest BCUT2D eigenvalue weighted by atomic mass is 10.0. The molecule has 0 saturated carbocycles. The lowest BCUT2D eigenvalue weighted by Gasteiger charge is -2.22. The van der Waals surface area contributed by atoms with Crippen molar-refractivity contribution in [3.05, 3.63) is 29.3 Å². The topological polar surface area (TPSA) is 29.5 Å². The van der Waals surface area contributed by atoms with Gasteiger partial charge in [-0.2, -0.15) is 0 Å². The number of fused-ring (bicyclic) bond motifs is 1. The molecule has 1 aliphatic rings. The molecule has 0 atom stereocenters. The van der Waals surface area contributed by atoms with Gasteiger partial charge in [-0.15, -0.1) is 0 Å². The summed E-state index contributed by atoms with van der Waals surface area (Å²) in [5.74, 6) is 0.912. The summed E-state index contributed by atoms with van der Waals surface area (Å²) in [4.78, 5) is 13.3. The number of benzene rings is 1. The molecule has 0 N–H and O–H groups in total. The first kappa shape index (κ1) is 10.7. The van der Waals surface area contributed by atoms with Crippen molar-refractivity contribution in [1.29, 1.82) is 0 Å². The minimum atomic E-state index is 0.0687. The summed E-state index contributed by atoms with van der Waals surface area (Å²) in [6, 6.07) is 5.90. The highest BCUT2D eigenvalue weighted by Gasteiger charge is 2.17. The van der Waals surface area contributed by atoms with Gasteiger partial charge in [0.2, 0.25) is 0 Å². The van der Waals surface area contributed by atoms with Gasteiger partial charge >= 0.3 is 0 Å². The van der Waals surface area contributed by atoms with Crippen molar-refractivity contribution in [1.82, 2.24) is 0 Å². The van der Waals surface area contributed by atoms with Crippen LogP contribution in [0.4, 0.5) is 5.69 Å². The Bertz CT molecular complexity index is 461. The van der Waals surface area contributed by atoms with E-state index in [1.54, 1.807) is 6.92 Å². The Morgan fingerprint density at radius 1 is 1.38 bits per heavy atom. The zero-order valence-electron chi connectivity index (χ0n) is 9.78. The molecule has 0 amide bonds. The largest absolute Gasteiger partial charge is 0.488 e. The molecule has 3 nitrogen and oxygen atoms in total. The third kappa shape index (κ3) is 1.81. The van der Waals surface area contributed by atoms with Crippen LogP contribution in [0.3, 0.4) is 0 Å². The van der Waals surface area contributed by atoms with Crippen molar-refractivity contribution in [3.8, 4) is 5.75 Å². The van der Waals surface area contributed by atoms with Crippen LogP contribution in [-0.4, -0.2) is 26.5 Å².